The molecule has 1 aromatic carbocycles. The molecule has 2 N–H and O–H groups in total. The van der Waals surface area contributed by atoms with Gasteiger partial charge in [0.15, 0.2) is 11.7 Å². The average Bonchev–Trinajstić information content (AvgIpc) is 3.10. The number of ether oxygens (including phenoxy) is 2. The van der Waals surface area contributed by atoms with E-state index in [1.807, 2.05) is 18.2 Å². The SMILES string of the molecule is COc1ccc(OC)c([C@@H]2CCC[NH+]2CC(=O)Nc2cccnc2Cl)c1. The number of carbonyl (C=O) groups is 1. The fourth-order valence-electron chi connectivity index (χ4n) is 3.49. The average molecular weight is 377 g/mol. The van der Waals surface area contributed by atoms with E-state index in [1.54, 1.807) is 32.5 Å². The van der Waals surface area contributed by atoms with Crippen LogP contribution in [-0.4, -0.2) is 38.2 Å². The van der Waals surface area contributed by atoms with Crippen LogP contribution in [0.25, 0.3) is 0 Å². The maximum Gasteiger partial charge on any atom is 0.279 e. The number of quaternary nitrogens is 1. The molecule has 0 aliphatic carbocycles. The first-order chi connectivity index (χ1) is 12.6. The van der Waals surface area contributed by atoms with Gasteiger partial charge in [0.2, 0.25) is 0 Å². The smallest absolute Gasteiger partial charge is 0.279 e. The van der Waals surface area contributed by atoms with E-state index in [-0.39, 0.29) is 11.9 Å². The van der Waals surface area contributed by atoms with Crippen LogP contribution in [0.5, 0.6) is 11.5 Å². The number of halogens is 1. The van der Waals surface area contributed by atoms with Gasteiger partial charge in [0.05, 0.1) is 32.0 Å². The fraction of sp³-hybridized carbons (Fsp3) is 0.368. The van der Waals surface area contributed by atoms with Crippen molar-refractivity contribution in [1.29, 1.82) is 0 Å². The minimum Gasteiger partial charge on any atom is -0.497 e. The van der Waals surface area contributed by atoms with Crippen LogP contribution in [0.3, 0.4) is 0 Å². The van der Waals surface area contributed by atoms with Crippen LogP contribution in [0.1, 0.15) is 24.4 Å². The predicted molar refractivity (Wildman–Crippen MR) is 100 cm³/mol. The summed E-state index contributed by atoms with van der Waals surface area (Å²) in [7, 11) is 3.31. The zero-order chi connectivity index (χ0) is 18.5. The Labute approximate surface area is 158 Å². The van der Waals surface area contributed by atoms with Crippen molar-refractivity contribution >= 4 is 23.2 Å². The van der Waals surface area contributed by atoms with E-state index >= 15 is 0 Å². The van der Waals surface area contributed by atoms with Crippen LogP contribution in [0.2, 0.25) is 5.15 Å². The Balaban J connectivity index is 1.74. The van der Waals surface area contributed by atoms with Crippen molar-refractivity contribution in [3.63, 3.8) is 0 Å². The molecule has 0 bridgehead atoms. The number of rotatable bonds is 6. The minimum absolute atomic E-state index is 0.0799. The Bertz CT molecular complexity index is 784. The maximum absolute atomic E-state index is 12.5. The summed E-state index contributed by atoms with van der Waals surface area (Å²) >= 11 is 6.02. The van der Waals surface area contributed by atoms with E-state index in [0.29, 0.717) is 17.4 Å². The number of benzene rings is 1. The van der Waals surface area contributed by atoms with Gasteiger partial charge in [-0.15, -0.1) is 0 Å². The predicted octanol–water partition coefficient (Wildman–Crippen LogP) is 2.11. The highest BCUT2D eigenvalue weighted by atomic mass is 35.5. The summed E-state index contributed by atoms with van der Waals surface area (Å²) in [6.45, 7) is 1.29. The molecular weight excluding hydrogens is 354 g/mol. The number of nitrogens with zero attached hydrogens (tertiary/aromatic N) is 1. The maximum atomic E-state index is 12.5. The van der Waals surface area contributed by atoms with Crippen LogP contribution in [0.15, 0.2) is 36.5 Å². The Morgan fingerprint density at radius 3 is 2.92 bits per heavy atom. The van der Waals surface area contributed by atoms with Crippen molar-refractivity contribution in [2.75, 3.05) is 32.6 Å². The van der Waals surface area contributed by atoms with Crippen molar-refractivity contribution in [1.82, 2.24) is 4.98 Å². The Morgan fingerprint density at radius 2 is 2.19 bits per heavy atom. The number of anilines is 1. The van der Waals surface area contributed by atoms with Crippen molar-refractivity contribution in [2.24, 2.45) is 0 Å². The van der Waals surface area contributed by atoms with Gasteiger partial charge in [0.1, 0.15) is 17.5 Å². The standard InChI is InChI=1S/C19H22ClN3O3/c1-25-13-7-8-17(26-2)14(11-13)16-6-4-10-23(16)12-18(24)22-15-5-3-9-21-19(15)20/h3,5,7-9,11,16H,4,6,10,12H2,1-2H3,(H,22,24)/p+1/t16-/m0/s1. The molecule has 2 heterocycles. The number of aromatic nitrogens is 1. The molecule has 2 atom stereocenters. The van der Waals surface area contributed by atoms with Gasteiger partial charge in [0, 0.05) is 19.0 Å². The molecule has 6 nitrogen and oxygen atoms in total. The van der Waals surface area contributed by atoms with Crippen molar-refractivity contribution in [3.8, 4) is 11.5 Å². The first-order valence-electron chi connectivity index (χ1n) is 8.59. The largest absolute Gasteiger partial charge is 0.497 e. The third-order valence-electron chi connectivity index (χ3n) is 4.72. The van der Waals surface area contributed by atoms with Gasteiger partial charge in [-0.2, -0.15) is 0 Å². The normalized spacial score (nSPS) is 19.2. The molecule has 3 rings (SSSR count). The molecular formula is C19H23ClN3O3+. The molecule has 0 spiro atoms. The molecule has 1 unspecified atom stereocenters. The number of hydrogen-bond acceptors (Lipinski definition) is 4. The van der Waals surface area contributed by atoms with E-state index in [2.05, 4.69) is 10.3 Å². The summed E-state index contributed by atoms with van der Waals surface area (Å²) in [5, 5.41) is 3.14. The van der Waals surface area contributed by atoms with Crippen molar-refractivity contribution in [2.45, 2.75) is 18.9 Å². The quantitative estimate of drug-likeness (QED) is 0.758. The monoisotopic (exact) mass is 376 g/mol. The molecule has 0 radical (unpaired) electrons. The molecule has 1 saturated heterocycles. The van der Waals surface area contributed by atoms with Gasteiger partial charge >= 0.3 is 0 Å². The third-order valence-corrected chi connectivity index (χ3v) is 5.02. The highest BCUT2D eigenvalue weighted by Gasteiger charge is 2.34. The molecule has 1 aliphatic heterocycles. The van der Waals surface area contributed by atoms with Crippen LogP contribution in [-0.2, 0) is 4.79 Å². The number of amides is 1. The second-order valence-electron chi connectivity index (χ2n) is 6.28. The Hall–Kier alpha value is -2.31. The van der Waals surface area contributed by atoms with Gasteiger partial charge in [-0.05, 0) is 30.3 Å². The van der Waals surface area contributed by atoms with Gasteiger partial charge in [0.25, 0.3) is 5.91 Å². The number of methoxy groups -OCH3 is 2. The van der Waals surface area contributed by atoms with Crippen LogP contribution in [0.4, 0.5) is 5.69 Å². The second kappa shape index (κ2) is 8.38. The van der Waals surface area contributed by atoms with E-state index < -0.39 is 0 Å². The summed E-state index contributed by atoms with van der Waals surface area (Å²) in [4.78, 5) is 17.7. The first-order valence-corrected chi connectivity index (χ1v) is 8.97. The molecule has 0 saturated carbocycles. The highest BCUT2D eigenvalue weighted by Crippen LogP contribution is 2.31. The molecule has 26 heavy (non-hydrogen) atoms. The third kappa shape index (κ3) is 4.08. The number of hydrogen-bond donors (Lipinski definition) is 2. The van der Waals surface area contributed by atoms with Crippen LogP contribution in [0, 0.1) is 0 Å². The minimum atomic E-state index is -0.0799. The van der Waals surface area contributed by atoms with Crippen molar-refractivity contribution < 1.29 is 19.2 Å². The Kier molecular flexibility index (Phi) is 5.96. The second-order valence-corrected chi connectivity index (χ2v) is 6.64. The summed E-state index contributed by atoms with van der Waals surface area (Å²) in [5.41, 5.74) is 1.61. The number of pyridine rings is 1. The van der Waals surface area contributed by atoms with Gasteiger partial charge < -0.3 is 19.7 Å². The van der Waals surface area contributed by atoms with Gasteiger partial charge in [-0.25, -0.2) is 4.98 Å². The summed E-state index contributed by atoms with van der Waals surface area (Å²) in [6, 6.07) is 9.48. The molecule has 1 aromatic heterocycles. The molecule has 1 fully saturated rings. The van der Waals surface area contributed by atoms with E-state index in [0.717, 1.165) is 36.4 Å². The number of likely N-dealkylation sites (tertiary alicyclic amines) is 1. The fourth-order valence-corrected chi connectivity index (χ4v) is 3.66. The lowest BCUT2D eigenvalue weighted by atomic mass is 10.0. The van der Waals surface area contributed by atoms with E-state index in [4.69, 9.17) is 21.1 Å². The van der Waals surface area contributed by atoms with Gasteiger partial charge in [-0.1, -0.05) is 11.6 Å². The lowest BCUT2D eigenvalue weighted by molar-refractivity contribution is -0.910. The summed E-state index contributed by atoms with van der Waals surface area (Å²) in [6.07, 6.45) is 3.65. The number of carbonyl (C=O) groups excluding carboxylic acids is 1. The highest BCUT2D eigenvalue weighted by molar-refractivity contribution is 6.32. The zero-order valence-electron chi connectivity index (χ0n) is 14.9. The molecule has 1 aliphatic rings. The summed E-state index contributed by atoms with van der Waals surface area (Å²) in [5.74, 6) is 1.54. The summed E-state index contributed by atoms with van der Waals surface area (Å²) < 4.78 is 10.9. The van der Waals surface area contributed by atoms with Crippen LogP contribution < -0.4 is 19.7 Å². The lowest BCUT2D eigenvalue weighted by Gasteiger charge is -2.23. The van der Waals surface area contributed by atoms with E-state index in [9.17, 15) is 4.79 Å². The number of nitrogens with one attached hydrogen (secondary N) is 2. The topological polar surface area (TPSA) is 64.9 Å². The van der Waals surface area contributed by atoms with Crippen LogP contribution >= 0.6 is 11.6 Å². The molecule has 7 heteroatoms. The molecule has 138 valence electrons. The van der Waals surface area contributed by atoms with E-state index in [1.165, 1.54) is 4.90 Å². The van der Waals surface area contributed by atoms with Gasteiger partial charge in [-0.3, -0.25) is 4.79 Å². The zero-order valence-corrected chi connectivity index (χ0v) is 15.7. The van der Waals surface area contributed by atoms with Crippen molar-refractivity contribution in [3.05, 3.63) is 47.2 Å². The first kappa shape index (κ1) is 18.5. The molecule has 2 aromatic rings. The lowest BCUT2D eigenvalue weighted by Crippen LogP contribution is -3.11. The molecule has 1 amide bonds. The Morgan fingerprint density at radius 1 is 1.35 bits per heavy atom.